The first-order valence-corrected chi connectivity index (χ1v) is 10.0. The molecule has 154 valence electrons. The van der Waals surface area contributed by atoms with E-state index in [1.54, 1.807) is 0 Å². The van der Waals surface area contributed by atoms with Crippen LogP contribution in [0.1, 0.15) is 38.3 Å². The molecule has 1 aromatic carbocycles. The molecule has 1 heterocycles. The Kier molecular flexibility index (Phi) is 11.9. The Morgan fingerprint density at radius 1 is 1.15 bits per heavy atom. The van der Waals surface area contributed by atoms with Gasteiger partial charge in [-0.05, 0) is 37.6 Å². The number of benzene rings is 1. The van der Waals surface area contributed by atoms with Gasteiger partial charge in [0.05, 0.1) is 13.2 Å². The van der Waals surface area contributed by atoms with Crippen molar-refractivity contribution in [2.24, 2.45) is 10.9 Å². The van der Waals surface area contributed by atoms with E-state index in [1.165, 1.54) is 11.1 Å². The van der Waals surface area contributed by atoms with Gasteiger partial charge >= 0.3 is 0 Å². The molecular weight excluding hydrogens is 451 g/mol. The van der Waals surface area contributed by atoms with E-state index in [1.807, 2.05) is 0 Å². The van der Waals surface area contributed by atoms with Crippen LogP contribution >= 0.6 is 24.0 Å². The second kappa shape index (κ2) is 13.3. The van der Waals surface area contributed by atoms with Crippen molar-refractivity contribution in [1.29, 1.82) is 0 Å². The van der Waals surface area contributed by atoms with Gasteiger partial charge in [0.1, 0.15) is 0 Å². The third-order valence-corrected chi connectivity index (χ3v) is 4.99. The summed E-state index contributed by atoms with van der Waals surface area (Å²) in [4.78, 5) is 9.49. The van der Waals surface area contributed by atoms with Crippen molar-refractivity contribution in [2.45, 2.75) is 40.3 Å². The first-order valence-electron chi connectivity index (χ1n) is 10.0. The molecule has 0 amide bonds. The zero-order valence-corrected chi connectivity index (χ0v) is 19.7. The quantitative estimate of drug-likeness (QED) is 0.328. The van der Waals surface area contributed by atoms with Crippen LogP contribution in [0, 0.1) is 5.92 Å². The summed E-state index contributed by atoms with van der Waals surface area (Å²) in [6, 6.07) is 8.87. The zero-order valence-electron chi connectivity index (χ0n) is 17.4. The van der Waals surface area contributed by atoms with Crippen molar-refractivity contribution < 1.29 is 4.74 Å². The SMILES string of the molecule is CCNC(=NCc1ccc(CN(CC)CC)cc1)N(C)CC1CCOC1.I. The number of aliphatic imine (C=N–C) groups is 1. The molecule has 1 atom stereocenters. The highest BCUT2D eigenvalue weighted by Gasteiger charge is 2.19. The van der Waals surface area contributed by atoms with Crippen LogP contribution in [-0.4, -0.2) is 62.2 Å². The van der Waals surface area contributed by atoms with Gasteiger partial charge in [0.25, 0.3) is 0 Å². The molecule has 1 aliphatic heterocycles. The van der Waals surface area contributed by atoms with Gasteiger partial charge in [-0.3, -0.25) is 4.90 Å². The first kappa shape index (κ1) is 24.2. The summed E-state index contributed by atoms with van der Waals surface area (Å²) in [5.74, 6) is 1.59. The van der Waals surface area contributed by atoms with Crippen LogP contribution in [0.2, 0.25) is 0 Å². The second-order valence-corrected chi connectivity index (χ2v) is 7.06. The molecule has 1 unspecified atom stereocenters. The van der Waals surface area contributed by atoms with Gasteiger partial charge < -0.3 is 15.0 Å². The van der Waals surface area contributed by atoms with Crippen molar-refractivity contribution >= 4 is 29.9 Å². The summed E-state index contributed by atoms with van der Waals surface area (Å²) < 4.78 is 5.49. The fourth-order valence-corrected chi connectivity index (χ4v) is 3.29. The minimum absolute atomic E-state index is 0. The van der Waals surface area contributed by atoms with Gasteiger partial charge in [0.15, 0.2) is 5.96 Å². The van der Waals surface area contributed by atoms with Gasteiger partial charge in [0, 0.05) is 39.2 Å². The average molecular weight is 488 g/mol. The molecule has 1 N–H and O–H groups in total. The van der Waals surface area contributed by atoms with Gasteiger partial charge in [0.2, 0.25) is 0 Å². The molecule has 6 heteroatoms. The number of rotatable bonds is 9. The van der Waals surface area contributed by atoms with Crippen LogP contribution in [0.25, 0.3) is 0 Å². The highest BCUT2D eigenvalue weighted by atomic mass is 127. The molecule has 27 heavy (non-hydrogen) atoms. The van der Waals surface area contributed by atoms with E-state index in [0.717, 1.165) is 58.3 Å². The number of halogens is 1. The summed E-state index contributed by atoms with van der Waals surface area (Å²) in [7, 11) is 2.12. The smallest absolute Gasteiger partial charge is 0.193 e. The lowest BCUT2D eigenvalue weighted by Crippen LogP contribution is -2.41. The summed E-state index contributed by atoms with van der Waals surface area (Å²) in [5.41, 5.74) is 2.62. The van der Waals surface area contributed by atoms with E-state index >= 15 is 0 Å². The van der Waals surface area contributed by atoms with E-state index in [9.17, 15) is 0 Å². The van der Waals surface area contributed by atoms with Crippen molar-refractivity contribution in [1.82, 2.24) is 15.1 Å². The van der Waals surface area contributed by atoms with Crippen LogP contribution in [0.15, 0.2) is 29.3 Å². The topological polar surface area (TPSA) is 40.1 Å². The Bertz CT molecular complexity index is 540. The Morgan fingerprint density at radius 2 is 1.81 bits per heavy atom. The number of hydrogen-bond acceptors (Lipinski definition) is 3. The summed E-state index contributed by atoms with van der Waals surface area (Å²) in [6.07, 6.45) is 1.15. The van der Waals surface area contributed by atoms with Gasteiger partial charge in [-0.25, -0.2) is 4.99 Å². The lowest BCUT2D eigenvalue weighted by Gasteiger charge is -2.24. The average Bonchev–Trinajstić information content (AvgIpc) is 3.17. The Hall–Kier alpha value is -0.860. The molecule has 0 aromatic heterocycles. The van der Waals surface area contributed by atoms with Crippen molar-refractivity contribution in [2.75, 3.05) is 46.4 Å². The molecule has 0 saturated carbocycles. The summed E-state index contributed by atoms with van der Waals surface area (Å²) in [5, 5.41) is 3.41. The number of hydrogen-bond donors (Lipinski definition) is 1. The molecule has 0 bridgehead atoms. The Morgan fingerprint density at radius 3 is 2.37 bits per heavy atom. The minimum Gasteiger partial charge on any atom is -0.381 e. The molecule has 0 spiro atoms. The van der Waals surface area contributed by atoms with Crippen LogP contribution in [-0.2, 0) is 17.8 Å². The normalized spacial score (nSPS) is 17.1. The van der Waals surface area contributed by atoms with Crippen LogP contribution in [0.3, 0.4) is 0 Å². The monoisotopic (exact) mass is 488 g/mol. The summed E-state index contributed by atoms with van der Waals surface area (Å²) in [6.45, 7) is 14.1. The van der Waals surface area contributed by atoms with E-state index in [4.69, 9.17) is 9.73 Å². The Balaban J connectivity index is 0.00000364. The lowest BCUT2D eigenvalue weighted by atomic mass is 10.1. The Labute approximate surface area is 182 Å². The molecule has 1 fully saturated rings. The number of nitrogens with one attached hydrogen (secondary N) is 1. The van der Waals surface area contributed by atoms with E-state index in [0.29, 0.717) is 12.5 Å². The lowest BCUT2D eigenvalue weighted by molar-refractivity contribution is 0.181. The number of guanidine groups is 1. The molecular formula is C21H37IN4O. The standard InChI is InChI=1S/C21H36N4O.HI/c1-5-22-21(24(4)15-20-12-13-26-17-20)23-14-18-8-10-19(11-9-18)16-25(6-2)7-3;/h8-11,20H,5-7,12-17H2,1-4H3,(H,22,23);1H. The second-order valence-electron chi connectivity index (χ2n) is 7.06. The van der Waals surface area contributed by atoms with E-state index < -0.39 is 0 Å². The van der Waals surface area contributed by atoms with E-state index in [2.05, 4.69) is 67.2 Å². The van der Waals surface area contributed by atoms with Crippen molar-refractivity contribution in [3.63, 3.8) is 0 Å². The van der Waals surface area contributed by atoms with Crippen LogP contribution < -0.4 is 5.32 Å². The number of ether oxygens (including phenoxy) is 1. The molecule has 1 aliphatic rings. The maximum absolute atomic E-state index is 5.49. The van der Waals surface area contributed by atoms with Gasteiger partial charge in [-0.15, -0.1) is 24.0 Å². The zero-order chi connectivity index (χ0) is 18.8. The van der Waals surface area contributed by atoms with Gasteiger partial charge in [-0.1, -0.05) is 38.1 Å². The maximum atomic E-state index is 5.49. The molecule has 2 rings (SSSR count). The largest absolute Gasteiger partial charge is 0.381 e. The summed E-state index contributed by atoms with van der Waals surface area (Å²) >= 11 is 0. The predicted molar refractivity (Wildman–Crippen MR) is 125 cm³/mol. The third-order valence-electron chi connectivity index (χ3n) is 4.99. The highest BCUT2D eigenvalue weighted by molar-refractivity contribution is 14.0. The van der Waals surface area contributed by atoms with Crippen molar-refractivity contribution in [3.05, 3.63) is 35.4 Å². The van der Waals surface area contributed by atoms with E-state index in [-0.39, 0.29) is 24.0 Å². The molecule has 5 nitrogen and oxygen atoms in total. The fraction of sp³-hybridized carbons (Fsp3) is 0.667. The maximum Gasteiger partial charge on any atom is 0.193 e. The minimum atomic E-state index is 0. The fourth-order valence-electron chi connectivity index (χ4n) is 3.29. The van der Waals surface area contributed by atoms with Crippen molar-refractivity contribution in [3.8, 4) is 0 Å². The number of nitrogens with zero attached hydrogens (tertiary/aromatic N) is 3. The molecule has 1 aromatic rings. The molecule has 1 saturated heterocycles. The first-order chi connectivity index (χ1) is 12.7. The van der Waals surface area contributed by atoms with Crippen LogP contribution in [0.5, 0.6) is 0 Å². The molecule has 0 radical (unpaired) electrons. The third kappa shape index (κ3) is 8.35. The molecule has 0 aliphatic carbocycles. The highest BCUT2D eigenvalue weighted by Crippen LogP contribution is 2.14. The van der Waals surface area contributed by atoms with Gasteiger partial charge in [-0.2, -0.15) is 0 Å². The predicted octanol–water partition coefficient (Wildman–Crippen LogP) is 3.58. The van der Waals surface area contributed by atoms with Crippen LogP contribution in [0.4, 0.5) is 0 Å².